The van der Waals surface area contributed by atoms with Crippen LogP contribution in [0.4, 0.5) is 0 Å². The summed E-state index contributed by atoms with van der Waals surface area (Å²) in [5.74, 6) is 0.132. The van der Waals surface area contributed by atoms with Crippen LogP contribution >= 0.6 is 0 Å². The van der Waals surface area contributed by atoms with Crippen molar-refractivity contribution in [3.8, 4) is 0 Å². The quantitative estimate of drug-likeness (QED) is 0.551. The van der Waals surface area contributed by atoms with Gasteiger partial charge in [-0.25, -0.2) is 0 Å². The molecule has 1 N–H and O–H groups in total. The Morgan fingerprint density at radius 1 is 1.00 bits per heavy atom. The minimum Gasteiger partial charge on any atom is -0.356 e. The molecule has 3 nitrogen and oxygen atoms in total. The Bertz CT molecular complexity index is 1180. The van der Waals surface area contributed by atoms with Crippen LogP contribution in [0, 0.1) is 0 Å². The molecule has 3 unspecified atom stereocenters. The monoisotopic (exact) mass is 341 g/mol. The van der Waals surface area contributed by atoms with E-state index < -0.39 is 5.60 Å². The van der Waals surface area contributed by atoms with Gasteiger partial charge in [-0.1, -0.05) is 54.6 Å². The number of benzene rings is 4. The topological polar surface area (TPSA) is 38.3 Å². The lowest BCUT2D eigenvalue weighted by atomic mass is 9.89. The predicted molar refractivity (Wildman–Crippen MR) is 104 cm³/mol. The summed E-state index contributed by atoms with van der Waals surface area (Å²) in [6.07, 6.45) is 0.701. The van der Waals surface area contributed by atoms with Crippen molar-refractivity contribution in [3.63, 3.8) is 0 Å². The summed E-state index contributed by atoms with van der Waals surface area (Å²) in [5.41, 5.74) is 0.551. The van der Waals surface area contributed by atoms with Gasteiger partial charge in [-0.15, -0.1) is 0 Å². The van der Waals surface area contributed by atoms with Crippen LogP contribution in [0.2, 0.25) is 0 Å². The molecule has 2 fully saturated rings. The van der Waals surface area contributed by atoms with Crippen molar-refractivity contribution in [2.75, 3.05) is 6.54 Å². The molecule has 4 aromatic carbocycles. The second-order valence-electron chi connectivity index (χ2n) is 7.79. The number of hydrogen-bond acceptors (Lipinski definition) is 3. The molecule has 128 valence electrons. The standard InChI is InChI=1S/C23H19NO2/c1-13(25)23-11-19(24-12-23)22(26-23)18-10-8-16-6-5-14-3-2-4-15-7-9-17(18)21(16)20(14)15/h2-10,19,22,24H,11-12H2,1H3. The Morgan fingerprint density at radius 2 is 1.69 bits per heavy atom. The van der Waals surface area contributed by atoms with Gasteiger partial charge in [-0.3, -0.25) is 4.79 Å². The molecule has 2 aliphatic heterocycles. The van der Waals surface area contributed by atoms with Crippen molar-refractivity contribution >= 4 is 38.1 Å². The molecule has 3 heteroatoms. The highest BCUT2D eigenvalue weighted by atomic mass is 16.5. The molecule has 2 bridgehead atoms. The molecule has 0 amide bonds. The third-order valence-corrected chi connectivity index (χ3v) is 6.43. The first-order valence-corrected chi connectivity index (χ1v) is 9.25. The van der Waals surface area contributed by atoms with E-state index in [-0.39, 0.29) is 17.9 Å². The minimum atomic E-state index is -0.640. The van der Waals surface area contributed by atoms with Crippen LogP contribution < -0.4 is 5.32 Å². The van der Waals surface area contributed by atoms with Gasteiger partial charge in [0.1, 0.15) is 5.60 Å². The predicted octanol–water partition coefficient (Wildman–Crippen LogP) is 4.35. The number of Topliss-reactive ketones (excluding diaryl/α,β-unsaturated/α-hetero) is 1. The molecule has 0 aromatic heterocycles. The van der Waals surface area contributed by atoms with E-state index in [0.717, 1.165) is 6.42 Å². The number of morpholine rings is 1. The summed E-state index contributed by atoms with van der Waals surface area (Å²) < 4.78 is 6.37. The SMILES string of the molecule is CC(=O)C12CNC(C1)C(c1ccc3ccc4cccc5ccc1c3c45)O2. The number of fused-ring (bicyclic) bond motifs is 2. The molecular weight excluding hydrogens is 322 g/mol. The Morgan fingerprint density at radius 3 is 2.42 bits per heavy atom. The minimum absolute atomic E-state index is 0.0720. The normalized spacial score (nSPS) is 27.9. The van der Waals surface area contributed by atoms with Crippen molar-refractivity contribution in [2.45, 2.75) is 31.1 Å². The van der Waals surface area contributed by atoms with E-state index >= 15 is 0 Å². The average Bonchev–Trinajstić information content (AvgIpc) is 3.26. The summed E-state index contributed by atoms with van der Waals surface area (Å²) in [6.45, 7) is 2.28. The van der Waals surface area contributed by atoms with E-state index in [1.54, 1.807) is 6.92 Å². The van der Waals surface area contributed by atoms with E-state index in [9.17, 15) is 4.79 Å². The highest BCUT2D eigenvalue weighted by molar-refractivity contribution is 6.23. The zero-order valence-corrected chi connectivity index (χ0v) is 14.6. The smallest absolute Gasteiger partial charge is 0.162 e. The molecule has 6 rings (SSSR count). The van der Waals surface area contributed by atoms with Gasteiger partial charge in [-0.05, 0) is 44.8 Å². The van der Waals surface area contributed by atoms with Crippen LogP contribution in [-0.4, -0.2) is 24.0 Å². The number of nitrogens with one attached hydrogen (secondary N) is 1. The molecular formula is C23H19NO2. The number of ketones is 1. The maximum atomic E-state index is 12.2. The zero-order chi connectivity index (χ0) is 17.5. The van der Waals surface area contributed by atoms with Gasteiger partial charge in [0.15, 0.2) is 5.78 Å². The fourth-order valence-electron chi connectivity index (χ4n) is 5.06. The van der Waals surface area contributed by atoms with Crippen LogP contribution in [0.5, 0.6) is 0 Å². The first-order valence-electron chi connectivity index (χ1n) is 9.25. The van der Waals surface area contributed by atoms with Gasteiger partial charge < -0.3 is 10.1 Å². The summed E-state index contributed by atoms with van der Waals surface area (Å²) >= 11 is 0. The highest BCUT2D eigenvalue weighted by Crippen LogP contribution is 2.47. The van der Waals surface area contributed by atoms with Gasteiger partial charge in [0.05, 0.1) is 6.10 Å². The van der Waals surface area contributed by atoms with E-state index in [1.807, 2.05) is 0 Å². The number of rotatable bonds is 2. The van der Waals surface area contributed by atoms with Crippen LogP contribution in [0.3, 0.4) is 0 Å². The Labute approximate surface area is 151 Å². The molecule has 26 heavy (non-hydrogen) atoms. The molecule has 2 saturated heterocycles. The fraction of sp³-hybridized carbons (Fsp3) is 0.261. The van der Waals surface area contributed by atoms with Gasteiger partial charge >= 0.3 is 0 Å². The van der Waals surface area contributed by atoms with Gasteiger partial charge in [0.2, 0.25) is 0 Å². The number of carbonyl (C=O) groups excluding carboxylic acids is 1. The van der Waals surface area contributed by atoms with Gasteiger partial charge in [0, 0.05) is 19.0 Å². The first kappa shape index (κ1) is 14.7. The molecule has 0 saturated carbocycles. The first-order chi connectivity index (χ1) is 12.7. The third kappa shape index (κ3) is 1.72. The van der Waals surface area contributed by atoms with Crippen molar-refractivity contribution in [1.29, 1.82) is 0 Å². The number of carbonyl (C=O) groups is 1. The maximum Gasteiger partial charge on any atom is 0.162 e. The van der Waals surface area contributed by atoms with Crippen molar-refractivity contribution in [2.24, 2.45) is 0 Å². The highest BCUT2D eigenvalue weighted by Gasteiger charge is 2.55. The largest absolute Gasteiger partial charge is 0.356 e. The van der Waals surface area contributed by atoms with Crippen LogP contribution in [0.25, 0.3) is 32.3 Å². The van der Waals surface area contributed by atoms with Crippen molar-refractivity contribution in [3.05, 3.63) is 60.2 Å². The summed E-state index contributed by atoms with van der Waals surface area (Å²) in [7, 11) is 0. The number of hydrogen-bond donors (Lipinski definition) is 1. The van der Waals surface area contributed by atoms with Crippen LogP contribution in [0.15, 0.2) is 54.6 Å². The van der Waals surface area contributed by atoms with Crippen molar-refractivity contribution < 1.29 is 9.53 Å². The van der Waals surface area contributed by atoms with E-state index in [2.05, 4.69) is 59.9 Å². The molecule has 0 spiro atoms. The molecule has 0 radical (unpaired) electrons. The average molecular weight is 341 g/mol. The molecule has 4 aromatic rings. The fourth-order valence-corrected chi connectivity index (χ4v) is 5.06. The van der Waals surface area contributed by atoms with Crippen LogP contribution in [0.1, 0.15) is 25.0 Å². The lowest BCUT2D eigenvalue weighted by Crippen LogP contribution is -2.45. The maximum absolute atomic E-state index is 12.2. The summed E-state index contributed by atoms with van der Waals surface area (Å²) in [6, 6.07) is 19.9. The molecule has 0 aliphatic carbocycles. The molecule has 3 atom stereocenters. The molecule has 2 aliphatic rings. The number of ether oxygens (including phenoxy) is 1. The Balaban J connectivity index is 1.62. The van der Waals surface area contributed by atoms with E-state index in [1.165, 1.54) is 37.9 Å². The van der Waals surface area contributed by atoms with E-state index in [0.29, 0.717) is 6.54 Å². The third-order valence-electron chi connectivity index (χ3n) is 6.43. The Hall–Kier alpha value is -2.49. The van der Waals surface area contributed by atoms with Gasteiger partial charge in [0.25, 0.3) is 0 Å². The second kappa shape index (κ2) is 4.81. The second-order valence-corrected chi connectivity index (χ2v) is 7.79. The Kier molecular flexibility index (Phi) is 2.71. The van der Waals surface area contributed by atoms with Gasteiger partial charge in [-0.2, -0.15) is 0 Å². The van der Waals surface area contributed by atoms with E-state index in [4.69, 9.17) is 4.74 Å². The lowest BCUT2D eigenvalue weighted by molar-refractivity contribution is -0.142. The lowest BCUT2D eigenvalue weighted by Gasteiger charge is -2.30. The zero-order valence-electron chi connectivity index (χ0n) is 14.6. The van der Waals surface area contributed by atoms with Crippen LogP contribution in [-0.2, 0) is 9.53 Å². The molecule has 2 heterocycles. The summed E-state index contributed by atoms with van der Waals surface area (Å²) in [4.78, 5) is 12.2. The summed E-state index contributed by atoms with van der Waals surface area (Å²) in [5, 5.41) is 11.2. The van der Waals surface area contributed by atoms with Crippen molar-refractivity contribution in [1.82, 2.24) is 5.32 Å².